The third kappa shape index (κ3) is 3.73. The molecule has 0 unspecified atom stereocenters. The van der Waals surface area contributed by atoms with Gasteiger partial charge in [0.1, 0.15) is 5.82 Å². The number of carboxylic acid groups (broad SMARTS) is 1. The van der Waals surface area contributed by atoms with Crippen molar-refractivity contribution in [2.75, 3.05) is 12.5 Å². The summed E-state index contributed by atoms with van der Waals surface area (Å²) in [5, 5.41) is 9.09. The fourth-order valence-electron chi connectivity index (χ4n) is 1.78. The second kappa shape index (κ2) is 5.73. The maximum absolute atomic E-state index is 14.0. The lowest BCUT2D eigenvalue weighted by atomic mass is 9.86. The van der Waals surface area contributed by atoms with Crippen molar-refractivity contribution < 1.29 is 22.7 Å². The summed E-state index contributed by atoms with van der Waals surface area (Å²) in [5.41, 5.74) is -0.740. The minimum absolute atomic E-state index is 0.0520. The van der Waals surface area contributed by atoms with Crippen LogP contribution in [-0.4, -0.2) is 32.0 Å². The molecule has 7 heteroatoms. The molecule has 0 aliphatic carbocycles. The van der Waals surface area contributed by atoms with Gasteiger partial charge in [-0.2, -0.15) is 0 Å². The molecule has 0 amide bonds. The summed E-state index contributed by atoms with van der Waals surface area (Å²) >= 11 is 1.01. The highest BCUT2D eigenvalue weighted by Crippen LogP contribution is 2.31. The third-order valence-electron chi connectivity index (χ3n) is 2.90. The van der Waals surface area contributed by atoms with Crippen molar-refractivity contribution in [2.45, 2.75) is 30.1 Å². The van der Waals surface area contributed by atoms with E-state index in [1.807, 2.05) is 0 Å². The number of aliphatic carboxylic acids is 1. The van der Waals surface area contributed by atoms with Crippen molar-refractivity contribution >= 4 is 27.6 Å². The van der Waals surface area contributed by atoms with Crippen molar-refractivity contribution in [3.63, 3.8) is 0 Å². The van der Waals surface area contributed by atoms with Crippen molar-refractivity contribution in [1.82, 2.24) is 0 Å². The van der Waals surface area contributed by atoms with Crippen molar-refractivity contribution in [2.24, 2.45) is 5.41 Å². The van der Waals surface area contributed by atoms with Crippen LogP contribution in [0.1, 0.15) is 19.4 Å². The van der Waals surface area contributed by atoms with Crippen LogP contribution in [0.4, 0.5) is 4.39 Å². The largest absolute Gasteiger partial charge is 0.481 e. The Hall–Kier alpha value is -1.08. The van der Waals surface area contributed by atoms with Gasteiger partial charge in [0.2, 0.25) is 0 Å². The van der Waals surface area contributed by atoms with Crippen LogP contribution in [0.2, 0.25) is 0 Å². The second-order valence-electron chi connectivity index (χ2n) is 5.25. The van der Waals surface area contributed by atoms with Crippen LogP contribution in [0.5, 0.6) is 0 Å². The van der Waals surface area contributed by atoms with Crippen LogP contribution < -0.4 is 0 Å². The summed E-state index contributed by atoms with van der Waals surface area (Å²) in [7, 11) is -3.57. The molecule has 1 rings (SSSR count). The number of hydrogen-bond acceptors (Lipinski definition) is 4. The van der Waals surface area contributed by atoms with E-state index in [2.05, 4.69) is 0 Å². The van der Waals surface area contributed by atoms with Gasteiger partial charge in [-0.3, -0.25) is 4.79 Å². The number of rotatable bonds is 5. The van der Waals surface area contributed by atoms with Gasteiger partial charge in [-0.15, -0.1) is 11.8 Å². The Labute approximate surface area is 122 Å². The van der Waals surface area contributed by atoms with Gasteiger partial charge >= 0.3 is 5.97 Å². The zero-order chi connectivity index (χ0) is 15.7. The van der Waals surface area contributed by atoms with Crippen LogP contribution in [0.25, 0.3) is 0 Å². The Morgan fingerprint density at radius 1 is 1.40 bits per heavy atom. The Bertz CT molecular complexity index is 636. The van der Waals surface area contributed by atoms with E-state index in [1.54, 1.807) is 6.26 Å². The van der Waals surface area contributed by atoms with Crippen LogP contribution in [-0.2, 0) is 21.1 Å². The van der Waals surface area contributed by atoms with Gasteiger partial charge in [-0.05, 0) is 44.2 Å². The Kier molecular flexibility index (Phi) is 4.86. The average molecular weight is 320 g/mol. The molecule has 0 spiro atoms. The molecule has 20 heavy (non-hydrogen) atoms. The SMILES string of the molecule is CSc1c(F)cc(CC(C)(C)C(=O)O)cc1S(C)(=O)=O. The number of hydrogen-bond donors (Lipinski definition) is 1. The van der Waals surface area contributed by atoms with E-state index in [1.165, 1.54) is 26.0 Å². The Morgan fingerprint density at radius 3 is 2.35 bits per heavy atom. The molecule has 0 atom stereocenters. The van der Waals surface area contributed by atoms with Crippen LogP contribution in [0.15, 0.2) is 21.9 Å². The number of carbonyl (C=O) groups is 1. The van der Waals surface area contributed by atoms with Crippen molar-refractivity contribution in [3.8, 4) is 0 Å². The number of carboxylic acids is 1. The molecule has 0 saturated carbocycles. The molecule has 0 fully saturated rings. The zero-order valence-electron chi connectivity index (χ0n) is 11.7. The highest BCUT2D eigenvalue weighted by Gasteiger charge is 2.29. The van der Waals surface area contributed by atoms with E-state index in [0.717, 1.165) is 18.0 Å². The molecule has 0 aromatic heterocycles. The quantitative estimate of drug-likeness (QED) is 0.844. The predicted molar refractivity (Wildman–Crippen MR) is 76.4 cm³/mol. The summed E-state index contributed by atoms with van der Waals surface area (Å²) in [4.78, 5) is 11.1. The topological polar surface area (TPSA) is 71.4 Å². The van der Waals surface area contributed by atoms with Gasteiger partial charge in [-0.25, -0.2) is 12.8 Å². The molecular formula is C13H17FO4S2. The molecule has 0 bridgehead atoms. The van der Waals surface area contributed by atoms with Gasteiger partial charge in [-0.1, -0.05) is 0 Å². The minimum Gasteiger partial charge on any atom is -0.481 e. The van der Waals surface area contributed by atoms with Crippen LogP contribution >= 0.6 is 11.8 Å². The second-order valence-corrected chi connectivity index (χ2v) is 8.05. The summed E-state index contributed by atoms with van der Waals surface area (Å²) in [6.07, 6.45) is 2.65. The third-order valence-corrected chi connectivity index (χ3v) is 4.97. The molecule has 0 aliphatic rings. The first-order valence-corrected chi connectivity index (χ1v) is 8.90. The van der Waals surface area contributed by atoms with Gasteiger partial charge in [0, 0.05) is 6.26 Å². The maximum Gasteiger partial charge on any atom is 0.309 e. The Morgan fingerprint density at radius 2 is 1.95 bits per heavy atom. The van der Waals surface area contributed by atoms with E-state index < -0.39 is 27.0 Å². The Balaban J connectivity index is 3.40. The first-order valence-electron chi connectivity index (χ1n) is 5.79. The first kappa shape index (κ1) is 17.0. The minimum atomic E-state index is -3.57. The number of thioether (sulfide) groups is 1. The fourth-order valence-corrected chi connectivity index (χ4v) is 3.80. The van der Waals surface area contributed by atoms with Gasteiger partial charge in [0.25, 0.3) is 0 Å². The molecule has 0 aliphatic heterocycles. The summed E-state index contributed by atoms with van der Waals surface area (Å²) < 4.78 is 37.4. The fraction of sp³-hybridized carbons (Fsp3) is 0.462. The molecule has 4 nitrogen and oxygen atoms in total. The molecule has 0 radical (unpaired) electrons. The summed E-state index contributed by atoms with van der Waals surface area (Å²) in [5.74, 6) is -1.66. The number of halogens is 1. The number of benzene rings is 1. The lowest BCUT2D eigenvalue weighted by molar-refractivity contribution is -0.146. The molecule has 1 aromatic rings. The molecule has 1 aromatic carbocycles. The number of sulfone groups is 1. The standard InChI is InChI=1S/C13H17FO4S2/c1-13(2,12(15)16)7-8-5-9(14)11(19-3)10(6-8)20(4,17)18/h5-6H,7H2,1-4H3,(H,15,16). The monoisotopic (exact) mass is 320 g/mol. The van der Waals surface area contributed by atoms with Gasteiger partial charge in [0.15, 0.2) is 9.84 Å². The van der Waals surface area contributed by atoms with E-state index in [0.29, 0.717) is 5.56 Å². The zero-order valence-corrected chi connectivity index (χ0v) is 13.4. The molecule has 0 saturated heterocycles. The molecule has 0 heterocycles. The lowest BCUT2D eigenvalue weighted by Crippen LogP contribution is -2.26. The van der Waals surface area contributed by atoms with E-state index in [9.17, 15) is 17.6 Å². The molecule has 112 valence electrons. The maximum atomic E-state index is 14.0. The lowest BCUT2D eigenvalue weighted by Gasteiger charge is -2.20. The highest BCUT2D eigenvalue weighted by atomic mass is 32.2. The first-order chi connectivity index (χ1) is 8.99. The molecule has 1 N–H and O–H groups in total. The van der Waals surface area contributed by atoms with Crippen molar-refractivity contribution in [3.05, 3.63) is 23.5 Å². The molecular weight excluding hydrogens is 303 g/mol. The van der Waals surface area contributed by atoms with Gasteiger partial charge < -0.3 is 5.11 Å². The van der Waals surface area contributed by atoms with Crippen LogP contribution in [0.3, 0.4) is 0 Å². The van der Waals surface area contributed by atoms with Crippen LogP contribution in [0, 0.1) is 11.2 Å². The highest BCUT2D eigenvalue weighted by molar-refractivity contribution is 7.99. The summed E-state index contributed by atoms with van der Waals surface area (Å²) in [6.45, 7) is 3.02. The normalized spacial score (nSPS) is 12.4. The smallest absolute Gasteiger partial charge is 0.309 e. The van der Waals surface area contributed by atoms with Gasteiger partial charge in [0.05, 0.1) is 15.2 Å². The summed E-state index contributed by atoms with van der Waals surface area (Å²) in [6, 6.07) is 2.56. The van der Waals surface area contributed by atoms with E-state index in [-0.39, 0.29) is 16.2 Å². The predicted octanol–water partition coefficient (Wildman–Crippen LogP) is 2.60. The van der Waals surface area contributed by atoms with E-state index >= 15 is 0 Å². The van der Waals surface area contributed by atoms with Crippen molar-refractivity contribution in [1.29, 1.82) is 0 Å². The average Bonchev–Trinajstić information content (AvgIpc) is 2.26. The van der Waals surface area contributed by atoms with E-state index in [4.69, 9.17) is 5.11 Å².